The Morgan fingerprint density at radius 1 is 1.42 bits per heavy atom. The van der Waals surface area contributed by atoms with Crippen LogP contribution in [0.2, 0.25) is 0 Å². The van der Waals surface area contributed by atoms with Crippen LogP contribution in [-0.2, 0) is 0 Å². The van der Waals surface area contributed by atoms with Gasteiger partial charge in [-0.05, 0) is 45.0 Å². The average molecular weight is 352 g/mol. The molecule has 0 aliphatic carbocycles. The highest BCUT2D eigenvalue weighted by atomic mass is 35.5. The maximum absolute atomic E-state index is 12.3. The second-order valence-electron chi connectivity index (χ2n) is 5.48. The summed E-state index contributed by atoms with van der Waals surface area (Å²) in [6, 6.07) is 7.61. The van der Waals surface area contributed by atoms with E-state index in [4.69, 9.17) is 4.74 Å². The van der Waals surface area contributed by atoms with Crippen LogP contribution in [0, 0.1) is 0 Å². The summed E-state index contributed by atoms with van der Waals surface area (Å²) in [5, 5.41) is 14.2. The molecule has 1 fully saturated rings. The summed E-state index contributed by atoms with van der Waals surface area (Å²) in [5.41, 5.74) is 1.00. The van der Waals surface area contributed by atoms with Gasteiger partial charge in [0.2, 0.25) is 0 Å². The molecule has 7 nitrogen and oxygen atoms in total. The standard InChI is InChI=1S/C16H21N5O2.ClH/c1-2-23-14-5-3-4-12(10-14)18-16(22)15-11-21(20-19-15)13-6-8-17-9-7-13;/h3-5,10-11,13,17H,2,6-9H2,1H3,(H,18,22);1H. The lowest BCUT2D eigenvalue weighted by Gasteiger charge is -2.22. The highest BCUT2D eigenvalue weighted by Gasteiger charge is 2.18. The third-order valence-electron chi connectivity index (χ3n) is 3.83. The second-order valence-corrected chi connectivity index (χ2v) is 5.48. The van der Waals surface area contributed by atoms with Crippen molar-refractivity contribution in [1.29, 1.82) is 0 Å². The van der Waals surface area contributed by atoms with Gasteiger partial charge in [-0.2, -0.15) is 0 Å². The first-order chi connectivity index (χ1) is 11.3. The highest BCUT2D eigenvalue weighted by Crippen LogP contribution is 2.19. The number of carbonyl (C=O) groups excluding carboxylic acids is 1. The van der Waals surface area contributed by atoms with Crippen molar-refractivity contribution in [3.63, 3.8) is 0 Å². The molecule has 0 radical (unpaired) electrons. The van der Waals surface area contributed by atoms with Gasteiger partial charge >= 0.3 is 0 Å². The number of ether oxygens (including phenoxy) is 1. The van der Waals surface area contributed by atoms with Crippen molar-refractivity contribution in [3.8, 4) is 5.75 Å². The van der Waals surface area contributed by atoms with E-state index < -0.39 is 0 Å². The zero-order valence-corrected chi connectivity index (χ0v) is 14.4. The van der Waals surface area contributed by atoms with Crippen LogP contribution in [0.1, 0.15) is 36.3 Å². The minimum atomic E-state index is -0.265. The molecule has 130 valence electrons. The molecule has 0 unspecified atom stereocenters. The lowest BCUT2D eigenvalue weighted by molar-refractivity contribution is 0.102. The minimum absolute atomic E-state index is 0. The Morgan fingerprint density at radius 2 is 2.21 bits per heavy atom. The van der Waals surface area contributed by atoms with E-state index >= 15 is 0 Å². The molecular weight excluding hydrogens is 330 g/mol. The van der Waals surface area contributed by atoms with E-state index in [0.29, 0.717) is 24.0 Å². The predicted octanol–water partition coefficient (Wildman–Crippen LogP) is 2.28. The Morgan fingerprint density at radius 3 is 2.96 bits per heavy atom. The molecule has 2 heterocycles. The molecule has 1 aromatic carbocycles. The number of piperidine rings is 1. The predicted molar refractivity (Wildman–Crippen MR) is 94.0 cm³/mol. The molecule has 1 aromatic heterocycles. The molecule has 1 aliphatic rings. The van der Waals surface area contributed by atoms with Crippen LogP contribution in [0.5, 0.6) is 5.75 Å². The Kier molecular flexibility index (Phi) is 6.57. The normalized spacial score (nSPS) is 14.7. The fourth-order valence-corrected chi connectivity index (χ4v) is 2.66. The van der Waals surface area contributed by atoms with Crippen molar-refractivity contribution in [2.75, 3.05) is 25.0 Å². The number of hydrogen-bond donors (Lipinski definition) is 2. The number of hydrogen-bond acceptors (Lipinski definition) is 5. The number of rotatable bonds is 5. The maximum atomic E-state index is 12.3. The zero-order valence-electron chi connectivity index (χ0n) is 13.6. The van der Waals surface area contributed by atoms with Gasteiger partial charge in [-0.25, -0.2) is 4.68 Å². The SMILES string of the molecule is CCOc1cccc(NC(=O)c2cn(C3CCNCC3)nn2)c1.Cl. The van der Waals surface area contributed by atoms with Crippen molar-refractivity contribution < 1.29 is 9.53 Å². The molecule has 0 bridgehead atoms. The maximum Gasteiger partial charge on any atom is 0.277 e. The summed E-state index contributed by atoms with van der Waals surface area (Å²) in [5.74, 6) is 0.461. The molecule has 1 amide bonds. The molecule has 1 saturated heterocycles. The van der Waals surface area contributed by atoms with E-state index in [0.717, 1.165) is 31.7 Å². The first-order valence-corrected chi connectivity index (χ1v) is 7.93. The number of amides is 1. The summed E-state index contributed by atoms with van der Waals surface area (Å²) in [7, 11) is 0. The fourth-order valence-electron chi connectivity index (χ4n) is 2.66. The van der Waals surface area contributed by atoms with Crippen molar-refractivity contribution >= 4 is 24.0 Å². The number of nitrogens with one attached hydrogen (secondary N) is 2. The smallest absolute Gasteiger partial charge is 0.277 e. The Balaban J connectivity index is 0.00000208. The lowest BCUT2D eigenvalue weighted by atomic mass is 10.1. The van der Waals surface area contributed by atoms with Gasteiger partial charge in [-0.3, -0.25) is 4.79 Å². The second kappa shape index (κ2) is 8.65. The minimum Gasteiger partial charge on any atom is -0.494 e. The molecule has 1 aliphatic heterocycles. The van der Waals surface area contributed by atoms with Crippen molar-refractivity contribution in [2.45, 2.75) is 25.8 Å². The van der Waals surface area contributed by atoms with Crippen LogP contribution in [0.25, 0.3) is 0 Å². The van der Waals surface area contributed by atoms with E-state index in [-0.39, 0.29) is 18.3 Å². The topological polar surface area (TPSA) is 81.1 Å². The number of anilines is 1. The van der Waals surface area contributed by atoms with Crippen LogP contribution >= 0.6 is 12.4 Å². The fraction of sp³-hybridized carbons (Fsp3) is 0.438. The lowest BCUT2D eigenvalue weighted by Crippen LogP contribution is -2.29. The third-order valence-corrected chi connectivity index (χ3v) is 3.83. The first-order valence-electron chi connectivity index (χ1n) is 7.93. The Hall–Kier alpha value is -2.12. The Labute approximate surface area is 147 Å². The van der Waals surface area contributed by atoms with E-state index in [1.165, 1.54) is 0 Å². The largest absolute Gasteiger partial charge is 0.494 e. The van der Waals surface area contributed by atoms with Crippen molar-refractivity contribution in [1.82, 2.24) is 20.3 Å². The van der Waals surface area contributed by atoms with Gasteiger partial charge in [0.15, 0.2) is 5.69 Å². The number of carbonyl (C=O) groups is 1. The molecule has 8 heteroatoms. The van der Waals surface area contributed by atoms with Gasteiger partial charge in [0.1, 0.15) is 5.75 Å². The van der Waals surface area contributed by atoms with Crippen LogP contribution < -0.4 is 15.4 Å². The van der Waals surface area contributed by atoms with Gasteiger partial charge in [0, 0.05) is 11.8 Å². The first kappa shape index (κ1) is 18.2. The van der Waals surface area contributed by atoms with Gasteiger partial charge in [-0.15, -0.1) is 17.5 Å². The molecule has 0 spiro atoms. The molecule has 2 aromatic rings. The molecule has 2 N–H and O–H groups in total. The zero-order chi connectivity index (χ0) is 16.1. The van der Waals surface area contributed by atoms with E-state index in [2.05, 4.69) is 20.9 Å². The van der Waals surface area contributed by atoms with Crippen molar-refractivity contribution in [2.24, 2.45) is 0 Å². The van der Waals surface area contributed by atoms with Crippen LogP contribution in [0.4, 0.5) is 5.69 Å². The number of halogens is 1. The highest BCUT2D eigenvalue weighted by molar-refractivity contribution is 6.02. The van der Waals surface area contributed by atoms with E-state index in [1.54, 1.807) is 16.9 Å². The van der Waals surface area contributed by atoms with Crippen LogP contribution in [-0.4, -0.2) is 40.6 Å². The summed E-state index contributed by atoms with van der Waals surface area (Å²) in [4.78, 5) is 12.3. The van der Waals surface area contributed by atoms with Gasteiger partial charge in [0.25, 0.3) is 5.91 Å². The molecule has 0 atom stereocenters. The molecule has 3 rings (SSSR count). The molecule has 24 heavy (non-hydrogen) atoms. The molecular formula is C16H22ClN5O2. The van der Waals surface area contributed by atoms with Crippen LogP contribution in [0.3, 0.4) is 0 Å². The van der Waals surface area contributed by atoms with E-state index in [1.807, 2.05) is 25.1 Å². The average Bonchev–Trinajstić information content (AvgIpc) is 3.06. The summed E-state index contributed by atoms with van der Waals surface area (Å²) >= 11 is 0. The van der Waals surface area contributed by atoms with Gasteiger partial charge in [0.05, 0.1) is 18.8 Å². The summed E-state index contributed by atoms with van der Waals surface area (Å²) in [6.45, 7) is 4.44. The Bertz CT molecular complexity index is 670. The quantitative estimate of drug-likeness (QED) is 0.863. The number of benzene rings is 1. The van der Waals surface area contributed by atoms with E-state index in [9.17, 15) is 4.79 Å². The molecule has 0 saturated carbocycles. The van der Waals surface area contributed by atoms with Gasteiger partial charge < -0.3 is 15.4 Å². The summed E-state index contributed by atoms with van der Waals surface area (Å²) < 4.78 is 7.23. The number of aromatic nitrogens is 3. The summed E-state index contributed by atoms with van der Waals surface area (Å²) in [6.07, 6.45) is 3.72. The van der Waals surface area contributed by atoms with Crippen molar-refractivity contribution in [3.05, 3.63) is 36.2 Å². The number of nitrogens with zero attached hydrogens (tertiary/aromatic N) is 3. The third kappa shape index (κ3) is 4.46. The van der Waals surface area contributed by atoms with Gasteiger partial charge in [-0.1, -0.05) is 11.3 Å². The monoisotopic (exact) mass is 351 g/mol. The van der Waals surface area contributed by atoms with Crippen LogP contribution in [0.15, 0.2) is 30.5 Å².